The monoisotopic (exact) mass is 624 g/mol. The number of ether oxygens (including phenoxy) is 2. The zero-order valence-corrected chi connectivity index (χ0v) is 26.7. The predicted octanol–water partition coefficient (Wildman–Crippen LogP) is 8.56. The highest BCUT2D eigenvalue weighted by atomic mass is 16.5. The number of para-hydroxylation sites is 2. The third-order valence-electron chi connectivity index (χ3n) is 10.8. The molecule has 0 bridgehead atoms. The van der Waals surface area contributed by atoms with Crippen molar-refractivity contribution in [2.45, 2.75) is 12.8 Å². The average molecular weight is 625 g/mol. The van der Waals surface area contributed by atoms with Crippen molar-refractivity contribution in [1.29, 1.82) is 0 Å². The molecule has 0 fully saturated rings. The fourth-order valence-corrected chi connectivity index (χ4v) is 8.66. The van der Waals surface area contributed by atoms with Crippen LogP contribution in [0.4, 0.5) is 0 Å². The highest BCUT2D eigenvalue weighted by Gasteiger charge is 2.42. The van der Waals surface area contributed by atoms with Crippen LogP contribution in [0, 0.1) is 0 Å². The molecule has 8 aromatic rings. The Hall–Kier alpha value is -6.06. The lowest BCUT2D eigenvalue weighted by atomic mass is 9.34. The smallest absolute Gasteiger partial charge is 0.260 e. The Morgan fingerprint density at radius 1 is 0.429 bits per heavy atom. The minimum absolute atomic E-state index is 0.0332. The van der Waals surface area contributed by atoms with Crippen LogP contribution in [0.1, 0.15) is 12.8 Å². The quantitative estimate of drug-likeness (QED) is 0.142. The molecule has 2 heterocycles. The van der Waals surface area contributed by atoms with Gasteiger partial charge in [-0.05, 0) is 108 Å². The maximum atomic E-state index is 7.07. The van der Waals surface area contributed by atoms with Gasteiger partial charge in [0.25, 0.3) is 6.71 Å². The third-order valence-corrected chi connectivity index (χ3v) is 10.8. The molecule has 0 spiro atoms. The predicted molar refractivity (Wildman–Crippen MR) is 205 cm³/mol. The van der Waals surface area contributed by atoms with Gasteiger partial charge in [-0.2, -0.15) is 0 Å². The Morgan fingerprint density at radius 3 is 1.67 bits per heavy atom. The summed E-state index contributed by atoms with van der Waals surface area (Å²) < 4.78 is 14.1. The fraction of sp³-hybridized carbons (Fsp3) is 0.0435. The summed E-state index contributed by atoms with van der Waals surface area (Å²) in [5.41, 5.74) is 7.93. The van der Waals surface area contributed by atoms with Gasteiger partial charge in [-0.3, -0.25) is 0 Å². The first-order valence-electron chi connectivity index (χ1n) is 17.2. The number of hydrogen-bond donors (Lipinski definition) is 0. The Balaban J connectivity index is 1.33. The largest absolute Gasteiger partial charge is 0.458 e. The second-order valence-corrected chi connectivity index (χ2v) is 13.4. The zero-order chi connectivity index (χ0) is 32.1. The first kappa shape index (κ1) is 27.0. The summed E-state index contributed by atoms with van der Waals surface area (Å²) in [5, 5.41) is 10.0. The maximum Gasteiger partial charge on any atom is 0.260 e. The normalized spacial score (nSPS) is 13.8. The molecule has 0 saturated heterocycles. The standard InChI is InChI=1S/C46H29BO2/c1-3-15-30-28(13-1)25-36(34-19-7-5-17-32(30)34)38-27-39(37-26-29-14-2-4-16-31(29)33-18-6-8-20-35(33)37)46-44-45(38)48-42-23-11-9-21-40(42)47(44)41-22-10-12-24-43(41)49-46/h1,3,5-27H,2,4H2. The molecule has 2 aliphatic heterocycles. The van der Waals surface area contributed by atoms with Gasteiger partial charge in [-0.1, -0.05) is 121 Å². The van der Waals surface area contributed by atoms with E-state index in [0.29, 0.717) is 0 Å². The molecule has 0 atom stereocenters. The Morgan fingerprint density at radius 2 is 0.959 bits per heavy atom. The highest BCUT2D eigenvalue weighted by molar-refractivity contribution is 6.98. The molecule has 3 aliphatic rings. The maximum absolute atomic E-state index is 7.07. The van der Waals surface area contributed by atoms with Crippen LogP contribution < -0.4 is 36.3 Å². The molecule has 49 heavy (non-hydrogen) atoms. The van der Waals surface area contributed by atoms with Crippen LogP contribution in [0.2, 0.25) is 0 Å². The molecule has 0 N–H and O–H groups in total. The summed E-state index contributed by atoms with van der Waals surface area (Å²) in [5.74, 6) is 3.55. The van der Waals surface area contributed by atoms with Gasteiger partial charge in [0.15, 0.2) is 0 Å². The minimum Gasteiger partial charge on any atom is -0.458 e. The van der Waals surface area contributed by atoms with E-state index >= 15 is 0 Å². The molecule has 1 aliphatic carbocycles. The van der Waals surface area contributed by atoms with E-state index in [1.165, 1.54) is 48.3 Å². The molecule has 0 saturated carbocycles. The zero-order valence-electron chi connectivity index (χ0n) is 26.7. The molecule has 2 nitrogen and oxygen atoms in total. The molecular weight excluding hydrogens is 595 g/mol. The van der Waals surface area contributed by atoms with E-state index < -0.39 is 0 Å². The van der Waals surface area contributed by atoms with Crippen LogP contribution >= 0.6 is 0 Å². The highest BCUT2D eigenvalue weighted by Crippen LogP contribution is 2.48. The molecule has 0 unspecified atom stereocenters. The lowest BCUT2D eigenvalue weighted by Gasteiger charge is -2.35. The molecule has 8 aromatic carbocycles. The van der Waals surface area contributed by atoms with E-state index in [1.807, 2.05) is 0 Å². The lowest BCUT2D eigenvalue weighted by Crippen LogP contribution is -2.57. The second-order valence-electron chi connectivity index (χ2n) is 13.4. The number of benzene rings is 8. The Bertz CT molecular complexity index is 2840. The van der Waals surface area contributed by atoms with Crippen molar-refractivity contribution < 1.29 is 9.47 Å². The topological polar surface area (TPSA) is 18.5 Å². The Kier molecular flexibility index (Phi) is 5.62. The molecule has 0 radical (unpaired) electrons. The Labute approximate surface area is 284 Å². The van der Waals surface area contributed by atoms with Crippen molar-refractivity contribution in [2.24, 2.45) is 0 Å². The molecule has 0 aromatic heterocycles. The summed E-state index contributed by atoms with van der Waals surface area (Å²) in [7, 11) is 0. The van der Waals surface area contributed by atoms with Crippen LogP contribution in [0.25, 0.3) is 66.7 Å². The second kappa shape index (κ2) is 10.2. The van der Waals surface area contributed by atoms with E-state index in [9.17, 15) is 0 Å². The van der Waals surface area contributed by atoms with Crippen LogP contribution in [0.15, 0.2) is 140 Å². The van der Waals surface area contributed by atoms with Gasteiger partial charge in [-0.25, -0.2) is 0 Å². The summed E-state index contributed by atoms with van der Waals surface area (Å²) >= 11 is 0. The molecule has 3 heteroatoms. The van der Waals surface area contributed by atoms with Crippen molar-refractivity contribution in [2.75, 3.05) is 0 Å². The van der Waals surface area contributed by atoms with Crippen molar-refractivity contribution in [1.82, 2.24) is 0 Å². The van der Waals surface area contributed by atoms with E-state index in [1.54, 1.807) is 0 Å². The summed E-state index contributed by atoms with van der Waals surface area (Å²) in [6.45, 7) is -0.0332. The van der Waals surface area contributed by atoms with Crippen LogP contribution in [-0.4, -0.2) is 6.71 Å². The number of rotatable bonds is 2. The van der Waals surface area contributed by atoms with Gasteiger partial charge in [0, 0.05) is 16.6 Å². The number of fused-ring (bicyclic) bond motifs is 10. The molecular formula is C46H29BO2. The molecule has 228 valence electrons. The van der Waals surface area contributed by atoms with Crippen molar-refractivity contribution in [3.63, 3.8) is 0 Å². The van der Waals surface area contributed by atoms with Gasteiger partial charge in [0.1, 0.15) is 23.0 Å². The van der Waals surface area contributed by atoms with Crippen LogP contribution in [0.3, 0.4) is 0 Å². The van der Waals surface area contributed by atoms with Crippen molar-refractivity contribution in [3.05, 3.63) is 150 Å². The van der Waals surface area contributed by atoms with Crippen LogP contribution in [-0.2, 0) is 0 Å². The van der Waals surface area contributed by atoms with Gasteiger partial charge in [0.05, 0.1) is 0 Å². The number of hydrogen-bond acceptors (Lipinski definition) is 2. The summed E-state index contributed by atoms with van der Waals surface area (Å²) in [4.78, 5) is 0. The summed E-state index contributed by atoms with van der Waals surface area (Å²) in [6, 6.07) is 50.5. The lowest BCUT2D eigenvalue weighted by molar-refractivity contribution is 0.467. The van der Waals surface area contributed by atoms with Crippen molar-refractivity contribution in [3.8, 4) is 45.3 Å². The first-order valence-corrected chi connectivity index (χ1v) is 17.2. The third kappa shape index (κ3) is 3.84. The van der Waals surface area contributed by atoms with E-state index in [4.69, 9.17) is 9.47 Å². The van der Waals surface area contributed by atoms with Gasteiger partial charge in [-0.15, -0.1) is 0 Å². The SMILES string of the molecule is C1=c2cc(-c3cc(-c4cc5ccccc5c5ccccc45)c4c5c3Oc3ccccc3B5c3ccccc3O4)c3ccccc3c2=CCC1. The van der Waals surface area contributed by atoms with Gasteiger partial charge >= 0.3 is 0 Å². The summed E-state index contributed by atoms with van der Waals surface area (Å²) in [6.07, 6.45) is 6.91. The molecule has 11 rings (SSSR count). The van der Waals surface area contributed by atoms with Gasteiger partial charge < -0.3 is 9.47 Å². The van der Waals surface area contributed by atoms with Gasteiger partial charge in [0.2, 0.25) is 0 Å². The average Bonchev–Trinajstić information content (AvgIpc) is 3.17. The van der Waals surface area contributed by atoms with Crippen LogP contribution in [0.5, 0.6) is 23.0 Å². The van der Waals surface area contributed by atoms with Crippen molar-refractivity contribution >= 4 is 67.6 Å². The van der Waals surface area contributed by atoms with E-state index in [2.05, 4.69) is 152 Å². The van der Waals surface area contributed by atoms with E-state index in [-0.39, 0.29) is 6.71 Å². The first-order chi connectivity index (χ1) is 24.3. The molecule has 0 amide bonds. The minimum atomic E-state index is -0.0332. The fourth-order valence-electron chi connectivity index (χ4n) is 8.66. The van der Waals surface area contributed by atoms with E-state index in [0.717, 1.165) is 68.9 Å².